The van der Waals surface area contributed by atoms with Gasteiger partial charge in [0.05, 0.1) is 0 Å². The molecule has 0 saturated heterocycles. The van der Waals surface area contributed by atoms with E-state index < -0.39 is 6.16 Å². The molecule has 98 valence electrons. The molecule has 2 rings (SSSR count). The summed E-state index contributed by atoms with van der Waals surface area (Å²) in [5.74, 6) is 0.482. The largest absolute Gasteiger partial charge is 0.514 e. The molecular formula is C15H14O3S. The fourth-order valence-electron chi connectivity index (χ4n) is 1.49. The third-order valence-corrected chi connectivity index (χ3v) is 3.20. The molecule has 0 aliphatic rings. The highest BCUT2D eigenvalue weighted by atomic mass is 32.2. The molecule has 3 nitrogen and oxygen atoms in total. The lowest BCUT2D eigenvalue weighted by Crippen LogP contribution is -2.10. The molecule has 0 amide bonds. The summed E-state index contributed by atoms with van der Waals surface area (Å²) in [6.07, 6.45) is 1.30. The maximum Gasteiger partial charge on any atom is 0.514 e. The van der Waals surface area contributed by atoms with Crippen molar-refractivity contribution in [2.45, 2.75) is 11.5 Å². The number of thioether (sulfide) groups is 1. The predicted molar refractivity (Wildman–Crippen MR) is 75.5 cm³/mol. The van der Waals surface area contributed by atoms with Crippen molar-refractivity contribution < 1.29 is 14.3 Å². The minimum Gasteiger partial charge on any atom is -0.429 e. The lowest BCUT2D eigenvalue weighted by molar-refractivity contribution is 0.0927. The predicted octanol–water partition coefficient (Wildman–Crippen LogP) is 4.12. The Morgan fingerprint density at radius 1 is 1.05 bits per heavy atom. The number of carbonyl (C=O) groups excluding carboxylic acids is 1. The molecule has 0 atom stereocenters. The van der Waals surface area contributed by atoms with Gasteiger partial charge in [0.25, 0.3) is 0 Å². The zero-order valence-electron chi connectivity index (χ0n) is 10.5. The molecule has 4 heteroatoms. The average Bonchev–Trinajstić information content (AvgIpc) is 2.47. The molecule has 0 aromatic heterocycles. The summed E-state index contributed by atoms with van der Waals surface area (Å²) in [5.41, 5.74) is 0.928. The highest BCUT2D eigenvalue weighted by Crippen LogP contribution is 2.19. The Hall–Kier alpha value is -1.94. The fraction of sp³-hybridized carbons (Fsp3) is 0.133. The fourth-order valence-corrected chi connectivity index (χ4v) is 1.89. The highest BCUT2D eigenvalue weighted by Gasteiger charge is 2.06. The number of carbonyl (C=O) groups is 1. The zero-order chi connectivity index (χ0) is 13.5. The Bertz CT molecular complexity index is 523. The van der Waals surface area contributed by atoms with Gasteiger partial charge in [0.1, 0.15) is 12.4 Å². The van der Waals surface area contributed by atoms with Gasteiger partial charge in [0.15, 0.2) is 0 Å². The van der Waals surface area contributed by atoms with Gasteiger partial charge < -0.3 is 9.47 Å². The van der Waals surface area contributed by atoms with Crippen molar-refractivity contribution in [1.29, 1.82) is 0 Å². The summed E-state index contributed by atoms with van der Waals surface area (Å²) < 4.78 is 10.1. The van der Waals surface area contributed by atoms with Crippen LogP contribution in [0.1, 0.15) is 5.56 Å². The Kier molecular flexibility index (Phi) is 4.86. The molecule has 0 fully saturated rings. The molecule has 0 aliphatic carbocycles. The van der Waals surface area contributed by atoms with Crippen LogP contribution in [0.5, 0.6) is 5.75 Å². The molecule has 0 unspecified atom stereocenters. The van der Waals surface area contributed by atoms with Crippen LogP contribution in [0.4, 0.5) is 4.79 Å². The van der Waals surface area contributed by atoms with E-state index in [1.165, 1.54) is 0 Å². The van der Waals surface area contributed by atoms with E-state index in [1.54, 1.807) is 23.9 Å². The van der Waals surface area contributed by atoms with Crippen LogP contribution in [0.2, 0.25) is 0 Å². The first-order valence-corrected chi connectivity index (χ1v) is 7.03. The van der Waals surface area contributed by atoms with Gasteiger partial charge in [-0.2, -0.15) is 0 Å². The molecule has 0 heterocycles. The van der Waals surface area contributed by atoms with Crippen molar-refractivity contribution in [3.8, 4) is 5.75 Å². The standard InChI is InChI=1S/C15H14O3S/c1-19-14-9-7-13(8-10-14)18-15(16)17-11-12-5-3-2-4-6-12/h2-10H,11H2,1H3. The summed E-state index contributed by atoms with van der Waals surface area (Å²) in [6, 6.07) is 16.8. The summed E-state index contributed by atoms with van der Waals surface area (Å²) in [7, 11) is 0. The SMILES string of the molecule is CSc1ccc(OC(=O)OCc2ccccc2)cc1. The van der Waals surface area contributed by atoms with Crippen molar-refractivity contribution in [1.82, 2.24) is 0 Å². The van der Waals surface area contributed by atoms with Gasteiger partial charge in [-0.05, 0) is 36.1 Å². The van der Waals surface area contributed by atoms with Crippen molar-refractivity contribution in [2.75, 3.05) is 6.26 Å². The van der Waals surface area contributed by atoms with Gasteiger partial charge in [-0.3, -0.25) is 0 Å². The lowest BCUT2D eigenvalue weighted by Gasteiger charge is -2.06. The second-order valence-electron chi connectivity index (χ2n) is 3.80. The van der Waals surface area contributed by atoms with Gasteiger partial charge in [-0.15, -0.1) is 11.8 Å². The number of rotatable bonds is 4. The number of hydrogen-bond donors (Lipinski definition) is 0. The first kappa shape index (κ1) is 13.5. The highest BCUT2D eigenvalue weighted by molar-refractivity contribution is 7.98. The van der Waals surface area contributed by atoms with E-state index in [1.807, 2.05) is 48.7 Å². The van der Waals surface area contributed by atoms with Crippen LogP contribution in [0.3, 0.4) is 0 Å². The Labute approximate surface area is 116 Å². The normalized spacial score (nSPS) is 9.95. The molecule has 0 spiro atoms. The number of hydrogen-bond acceptors (Lipinski definition) is 4. The van der Waals surface area contributed by atoms with Crippen LogP contribution in [-0.4, -0.2) is 12.4 Å². The summed E-state index contributed by atoms with van der Waals surface area (Å²) in [6.45, 7) is 0.211. The first-order valence-electron chi connectivity index (χ1n) is 5.80. The first-order chi connectivity index (χ1) is 9.28. The van der Waals surface area contributed by atoms with E-state index in [2.05, 4.69) is 0 Å². The van der Waals surface area contributed by atoms with Gasteiger partial charge in [-0.1, -0.05) is 30.3 Å². The Balaban J connectivity index is 1.83. The molecule has 0 aliphatic heterocycles. The van der Waals surface area contributed by atoms with Crippen molar-refractivity contribution in [2.24, 2.45) is 0 Å². The molecule has 0 N–H and O–H groups in total. The number of benzene rings is 2. The second kappa shape index (κ2) is 6.85. The Morgan fingerprint density at radius 2 is 1.74 bits per heavy atom. The van der Waals surface area contributed by atoms with Crippen LogP contribution < -0.4 is 4.74 Å². The van der Waals surface area contributed by atoms with Crippen molar-refractivity contribution in [3.63, 3.8) is 0 Å². The Morgan fingerprint density at radius 3 is 2.37 bits per heavy atom. The molecule has 2 aromatic carbocycles. The third-order valence-electron chi connectivity index (χ3n) is 2.46. The topological polar surface area (TPSA) is 35.5 Å². The maximum absolute atomic E-state index is 11.5. The third kappa shape index (κ3) is 4.34. The van der Waals surface area contributed by atoms with Crippen molar-refractivity contribution in [3.05, 3.63) is 60.2 Å². The van der Waals surface area contributed by atoms with Crippen LogP contribution in [-0.2, 0) is 11.3 Å². The quantitative estimate of drug-likeness (QED) is 0.477. The van der Waals surface area contributed by atoms with E-state index in [0.717, 1.165) is 10.5 Å². The van der Waals surface area contributed by atoms with E-state index >= 15 is 0 Å². The maximum atomic E-state index is 11.5. The van der Waals surface area contributed by atoms with Crippen LogP contribution >= 0.6 is 11.8 Å². The van der Waals surface area contributed by atoms with E-state index in [9.17, 15) is 4.79 Å². The van der Waals surface area contributed by atoms with Crippen LogP contribution in [0.15, 0.2) is 59.5 Å². The number of ether oxygens (including phenoxy) is 2. The van der Waals surface area contributed by atoms with Gasteiger partial charge in [-0.25, -0.2) is 4.79 Å². The summed E-state index contributed by atoms with van der Waals surface area (Å²) in [4.78, 5) is 12.6. The second-order valence-corrected chi connectivity index (χ2v) is 4.68. The molecule has 0 radical (unpaired) electrons. The van der Waals surface area contributed by atoms with E-state index in [-0.39, 0.29) is 6.61 Å². The lowest BCUT2D eigenvalue weighted by atomic mass is 10.2. The van der Waals surface area contributed by atoms with Crippen molar-refractivity contribution >= 4 is 17.9 Å². The minimum absolute atomic E-state index is 0.211. The average molecular weight is 274 g/mol. The molecule has 2 aromatic rings. The molecule has 19 heavy (non-hydrogen) atoms. The zero-order valence-corrected chi connectivity index (χ0v) is 11.4. The van der Waals surface area contributed by atoms with Gasteiger partial charge in [0, 0.05) is 4.90 Å². The smallest absolute Gasteiger partial charge is 0.429 e. The summed E-state index contributed by atoms with van der Waals surface area (Å²) in [5, 5.41) is 0. The van der Waals surface area contributed by atoms with E-state index in [4.69, 9.17) is 9.47 Å². The molecular weight excluding hydrogens is 260 g/mol. The van der Waals surface area contributed by atoms with E-state index in [0.29, 0.717) is 5.75 Å². The van der Waals surface area contributed by atoms with Crippen LogP contribution in [0.25, 0.3) is 0 Å². The molecule has 0 bridgehead atoms. The minimum atomic E-state index is -0.694. The van der Waals surface area contributed by atoms with Gasteiger partial charge >= 0.3 is 6.16 Å². The van der Waals surface area contributed by atoms with Crippen LogP contribution in [0, 0.1) is 0 Å². The molecule has 0 saturated carbocycles. The monoisotopic (exact) mass is 274 g/mol. The van der Waals surface area contributed by atoms with Gasteiger partial charge in [0.2, 0.25) is 0 Å². The summed E-state index contributed by atoms with van der Waals surface area (Å²) >= 11 is 1.63.